The van der Waals surface area contributed by atoms with E-state index in [2.05, 4.69) is 19.2 Å². The fourth-order valence-corrected chi connectivity index (χ4v) is 3.62. The van der Waals surface area contributed by atoms with E-state index >= 15 is 0 Å². The predicted molar refractivity (Wildman–Crippen MR) is 134 cm³/mol. The molecule has 0 spiro atoms. The highest BCUT2D eigenvalue weighted by atomic mass is 19.1. The maximum absolute atomic E-state index is 13.4. The molecule has 0 heterocycles. The molecule has 2 rings (SSSR count). The second-order valence-corrected chi connectivity index (χ2v) is 10.4. The van der Waals surface area contributed by atoms with Gasteiger partial charge in [0.1, 0.15) is 5.82 Å². The zero-order chi connectivity index (χ0) is 24.9. The summed E-state index contributed by atoms with van der Waals surface area (Å²) in [4.78, 5) is 29.7. The second kappa shape index (κ2) is 10.8. The van der Waals surface area contributed by atoms with Crippen LogP contribution in [0.25, 0.3) is 0 Å². The summed E-state index contributed by atoms with van der Waals surface area (Å²) in [5, 5.41) is 2.99. The fourth-order valence-electron chi connectivity index (χ4n) is 3.62. The number of nitrogens with one attached hydrogen (secondary N) is 1. The Hall–Kier alpha value is -2.89. The van der Waals surface area contributed by atoms with Gasteiger partial charge in [-0.2, -0.15) is 0 Å². The highest BCUT2D eigenvalue weighted by Crippen LogP contribution is 2.28. The van der Waals surface area contributed by atoms with Crippen LogP contribution < -0.4 is 10.2 Å². The number of benzene rings is 2. The Morgan fingerprint density at radius 2 is 1.61 bits per heavy atom. The summed E-state index contributed by atoms with van der Waals surface area (Å²) in [6.45, 7) is 12.6. The summed E-state index contributed by atoms with van der Waals surface area (Å²) >= 11 is 0. The quantitative estimate of drug-likeness (QED) is 0.535. The Labute approximate surface area is 198 Å². The first-order valence-corrected chi connectivity index (χ1v) is 11.4. The Kier molecular flexibility index (Phi) is 8.64. The maximum atomic E-state index is 13.4. The molecule has 0 unspecified atom stereocenters. The van der Waals surface area contributed by atoms with E-state index in [1.54, 1.807) is 0 Å². The lowest BCUT2D eigenvalue weighted by Gasteiger charge is -2.33. The second-order valence-electron chi connectivity index (χ2n) is 10.4. The number of nitrogens with zero attached hydrogens (tertiary/aromatic N) is 2. The van der Waals surface area contributed by atoms with Crippen molar-refractivity contribution < 1.29 is 14.0 Å². The number of hydrogen-bond donors (Lipinski definition) is 1. The van der Waals surface area contributed by atoms with E-state index in [0.29, 0.717) is 24.2 Å². The highest BCUT2D eigenvalue weighted by Gasteiger charge is 2.25. The molecule has 6 heteroatoms. The van der Waals surface area contributed by atoms with Crippen LogP contribution in [-0.2, 0) is 11.3 Å². The number of carbonyl (C=O) groups is 2. The smallest absolute Gasteiger partial charge is 0.254 e. The van der Waals surface area contributed by atoms with Gasteiger partial charge in [-0.3, -0.25) is 9.59 Å². The van der Waals surface area contributed by atoms with Crippen LogP contribution in [0.2, 0.25) is 0 Å². The van der Waals surface area contributed by atoms with Crippen LogP contribution in [0.3, 0.4) is 0 Å². The average Bonchev–Trinajstić information content (AvgIpc) is 2.70. The molecule has 33 heavy (non-hydrogen) atoms. The van der Waals surface area contributed by atoms with Gasteiger partial charge in [0.15, 0.2) is 0 Å². The van der Waals surface area contributed by atoms with Crippen LogP contribution in [0.4, 0.5) is 15.8 Å². The molecule has 0 aliphatic rings. The van der Waals surface area contributed by atoms with Gasteiger partial charge in [0, 0.05) is 50.0 Å². The molecular formula is C27H38FN3O2. The normalized spacial score (nSPS) is 12.4. The van der Waals surface area contributed by atoms with Crippen LogP contribution in [0.15, 0.2) is 42.5 Å². The van der Waals surface area contributed by atoms with E-state index in [1.807, 2.05) is 69.8 Å². The van der Waals surface area contributed by atoms with Crippen LogP contribution in [0.1, 0.15) is 63.9 Å². The summed E-state index contributed by atoms with van der Waals surface area (Å²) < 4.78 is 13.4. The van der Waals surface area contributed by atoms with Gasteiger partial charge in [-0.1, -0.05) is 34.6 Å². The minimum atomic E-state index is -0.372. The molecule has 0 bridgehead atoms. The Morgan fingerprint density at radius 3 is 2.12 bits per heavy atom. The Balaban J connectivity index is 2.41. The van der Waals surface area contributed by atoms with Crippen molar-refractivity contribution in [3.05, 3.63) is 59.4 Å². The lowest BCUT2D eigenvalue weighted by molar-refractivity contribution is -0.117. The molecule has 2 amide bonds. The maximum Gasteiger partial charge on any atom is 0.254 e. The molecule has 1 N–H and O–H groups in total. The number of carbonyl (C=O) groups excluding carboxylic acids is 2. The van der Waals surface area contributed by atoms with E-state index in [9.17, 15) is 14.0 Å². The van der Waals surface area contributed by atoms with E-state index in [4.69, 9.17) is 0 Å². The fraction of sp³-hybridized carbons (Fsp3) is 0.481. The number of halogens is 1. The summed E-state index contributed by atoms with van der Waals surface area (Å²) in [5.41, 5.74) is 2.94. The molecule has 0 aliphatic carbocycles. The van der Waals surface area contributed by atoms with Crippen molar-refractivity contribution in [3.63, 3.8) is 0 Å². The molecule has 5 nitrogen and oxygen atoms in total. The van der Waals surface area contributed by atoms with Crippen molar-refractivity contribution in [1.82, 2.24) is 4.90 Å². The molecule has 1 atom stereocenters. The first-order chi connectivity index (χ1) is 15.3. The monoisotopic (exact) mass is 455 g/mol. The number of amides is 2. The largest absolute Gasteiger partial charge is 0.377 e. The predicted octanol–water partition coefficient (Wildman–Crippen LogP) is 5.95. The van der Waals surface area contributed by atoms with E-state index in [1.165, 1.54) is 24.3 Å². The number of anilines is 2. The van der Waals surface area contributed by atoms with Crippen molar-refractivity contribution in [1.29, 1.82) is 0 Å². The molecular weight excluding hydrogens is 417 g/mol. The first kappa shape index (κ1) is 26.4. The molecule has 2 aromatic rings. The van der Waals surface area contributed by atoms with Gasteiger partial charge in [-0.15, -0.1) is 0 Å². The minimum absolute atomic E-state index is 0.0409. The molecule has 0 fully saturated rings. The first-order valence-electron chi connectivity index (χ1n) is 11.4. The topological polar surface area (TPSA) is 52.7 Å². The van der Waals surface area contributed by atoms with Crippen molar-refractivity contribution in [2.45, 2.75) is 60.5 Å². The third-order valence-electron chi connectivity index (χ3n) is 5.69. The minimum Gasteiger partial charge on any atom is -0.377 e. The summed E-state index contributed by atoms with van der Waals surface area (Å²) in [6.07, 6.45) is 0.414. The highest BCUT2D eigenvalue weighted by molar-refractivity contribution is 5.94. The van der Waals surface area contributed by atoms with Crippen LogP contribution >= 0.6 is 0 Å². The zero-order valence-electron chi connectivity index (χ0n) is 21.2. The lowest BCUT2D eigenvalue weighted by atomic mass is 9.92. The van der Waals surface area contributed by atoms with Crippen LogP contribution in [0.5, 0.6) is 0 Å². The van der Waals surface area contributed by atoms with Gasteiger partial charge in [-0.25, -0.2) is 4.39 Å². The van der Waals surface area contributed by atoms with Gasteiger partial charge in [0.25, 0.3) is 5.91 Å². The van der Waals surface area contributed by atoms with Gasteiger partial charge >= 0.3 is 0 Å². The van der Waals surface area contributed by atoms with Crippen LogP contribution in [0, 0.1) is 17.2 Å². The van der Waals surface area contributed by atoms with Crippen molar-refractivity contribution in [2.24, 2.45) is 11.3 Å². The van der Waals surface area contributed by atoms with E-state index < -0.39 is 0 Å². The third-order valence-corrected chi connectivity index (χ3v) is 5.69. The van der Waals surface area contributed by atoms with Crippen molar-refractivity contribution in [2.75, 3.05) is 24.3 Å². The molecule has 0 aliphatic heterocycles. The average molecular weight is 456 g/mol. The SMILES string of the molecule is CC(C)[C@H](C)N(Cc1cc(NC(=O)CC(C)(C)C)ccc1N(C)C)C(=O)c1ccc(F)cc1. The molecule has 2 aromatic carbocycles. The van der Waals surface area contributed by atoms with Gasteiger partial charge in [-0.05, 0) is 66.3 Å². The van der Waals surface area contributed by atoms with Crippen molar-refractivity contribution >= 4 is 23.2 Å². The van der Waals surface area contributed by atoms with E-state index in [0.717, 1.165) is 11.3 Å². The molecule has 0 radical (unpaired) electrons. The van der Waals surface area contributed by atoms with Gasteiger partial charge in [0.05, 0.1) is 0 Å². The zero-order valence-corrected chi connectivity index (χ0v) is 21.2. The third kappa shape index (κ3) is 7.58. The molecule has 0 saturated carbocycles. The summed E-state index contributed by atoms with van der Waals surface area (Å²) in [5.74, 6) is -0.334. The Bertz CT molecular complexity index is 962. The summed E-state index contributed by atoms with van der Waals surface area (Å²) in [6, 6.07) is 11.4. The Morgan fingerprint density at radius 1 is 1.00 bits per heavy atom. The number of rotatable bonds is 8. The lowest BCUT2D eigenvalue weighted by Crippen LogP contribution is -2.41. The van der Waals surface area contributed by atoms with Gasteiger partial charge in [0.2, 0.25) is 5.91 Å². The molecule has 180 valence electrons. The summed E-state index contributed by atoms with van der Waals surface area (Å²) in [7, 11) is 3.91. The molecule has 0 aromatic heterocycles. The standard InChI is InChI=1S/C27H38FN3O2/c1-18(2)19(3)31(26(33)20-9-11-22(28)12-10-20)17-21-15-23(13-14-24(21)30(7)8)29-25(32)16-27(4,5)6/h9-15,18-19H,16-17H2,1-8H3,(H,29,32)/t19-/m0/s1. The van der Waals surface area contributed by atoms with E-state index in [-0.39, 0.29) is 35.0 Å². The van der Waals surface area contributed by atoms with Crippen molar-refractivity contribution in [3.8, 4) is 0 Å². The van der Waals surface area contributed by atoms with Gasteiger partial charge < -0.3 is 15.1 Å². The number of hydrogen-bond acceptors (Lipinski definition) is 3. The molecule has 0 saturated heterocycles. The van der Waals surface area contributed by atoms with Crippen LogP contribution in [-0.4, -0.2) is 36.9 Å².